The Morgan fingerprint density at radius 2 is 1.81 bits per heavy atom. The second-order valence-electron chi connectivity index (χ2n) is 6.94. The third-order valence-electron chi connectivity index (χ3n) is 4.87. The summed E-state index contributed by atoms with van der Waals surface area (Å²) in [5.74, 6) is -0.133. The lowest BCUT2D eigenvalue weighted by Crippen LogP contribution is -2.45. The highest BCUT2D eigenvalue weighted by Crippen LogP contribution is 2.28. The van der Waals surface area contributed by atoms with Crippen LogP contribution in [0, 0.1) is 13.8 Å². The van der Waals surface area contributed by atoms with Gasteiger partial charge >= 0.3 is 0 Å². The maximum atomic E-state index is 13.1. The van der Waals surface area contributed by atoms with Crippen molar-refractivity contribution in [1.82, 2.24) is 10.6 Å². The molecule has 2 aromatic carbocycles. The lowest BCUT2D eigenvalue weighted by atomic mass is 9.94. The van der Waals surface area contributed by atoms with Crippen molar-refractivity contribution in [3.63, 3.8) is 0 Å². The molecule has 0 aliphatic carbocycles. The molecule has 3 rings (SSSR count). The van der Waals surface area contributed by atoms with E-state index in [9.17, 15) is 4.79 Å². The van der Waals surface area contributed by atoms with Crippen LogP contribution >= 0.6 is 12.2 Å². The molecule has 0 unspecified atom stereocenters. The van der Waals surface area contributed by atoms with Crippen LogP contribution in [0.1, 0.15) is 42.1 Å². The van der Waals surface area contributed by atoms with Crippen LogP contribution in [0.2, 0.25) is 0 Å². The maximum absolute atomic E-state index is 13.1. The van der Waals surface area contributed by atoms with E-state index in [1.54, 1.807) is 0 Å². The summed E-state index contributed by atoms with van der Waals surface area (Å²) in [5, 5.41) is 9.91. The Labute approximate surface area is 166 Å². The van der Waals surface area contributed by atoms with Gasteiger partial charge in [0.1, 0.15) is 0 Å². The number of hydrogen-bond acceptors (Lipinski definition) is 2. The van der Waals surface area contributed by atoms with E-state index in [1.807, 2.05) is 32.9 Å². The average molecular weight is 380 g/mol. The van der Waals surface area contributed by atoms with E-state index in [2.05, 4.69) is 53.2 Å². The number of amides is 1. The van der Waals surface area contributed by atoms with Gasteiger partial charge in [-0.1, -0.05) is 48.9 Å². The molecule has 1 atom stereocenters. The Morgan fingerprint density at radius 1 is 1.11 bits per heavy atom. The minimum absolute atomic E-state index is 0.133. The molecule has 0 radical (unpaired) electrons. The SMILES string of the molecule is CCc1ccc([C@H]2NC(=S)NC(C)=C2C(=O)Nc2ccc(C)cc2C)cc1. The van der Waals surface area contributed by atoms with E-state index in [1.165, 1.54) is 11.1 Å². The van der Waals surface area contributed by atoms with Crippen molar-refractivity contribution in [2.45, 2.75) is 40.2 Å². The van der Waals surface area contributed by atoms with Gasteiger partial charge in [-0.3, -0.25) is 4.79 Å². The number of benzene rings is 2. The molecular weight excluding hydrogens is 354 g/mol. The largest absolute Gasteiger partial charge is 0.351 e. The molecule has 1 heterocycles. The maximum Gasteiger partial charge on any atom is 0.255 e. The van der Waals surface area contributed by atoms with Crippen LogP contribution in [-0.2, 0) is 11.2 Å². The first-order valence-corrected chi connectivity index (χ1v) is 9.55. The van der Waals surface area contributed by atoms with Crippen molar-refractivity contribution in [1.29, 1.82) is 0 Å². The second-order valence-corrected chi connectivity index (χ2v) is 7.35. The third-order valence-corrected chi connectivity index (χ3v) is 5.09. The Morgan fingerprint density at radius 3 is 2.44 bits per heavy atom. The van der Waals surface area contributed by atoms with E-state index < -0.39 is 0 Å². The number of carbonyl (C=O) groups is 1. The lowest BCUT2D eigenvalue weighted by molar-refractivity contribution is -0.113. The molecule has 5 heteroatoms. The van der Waals surface area contributed by atoms with Crippen molar-refractivity contribution < 1.29 is 4.79 Å². The third kappa shape index (κ3) is 4.19. The molecule has 0 spiro atoms. The van der Waals surface area contributed by atoms with Crippen molar-refractivity contribution in [3.05, 3.63) is 76.0 Å². The number of anilines is 1. The fourth-order valence-electron chi connectivity index (χ4n) is 3.33. The quantitative estimate of drug-likeness (QED) is 0.694. The predicted molar refractivity (Wildman–Crippen MR) is 115 cm³/mol. The summed E-state index contributed by atoms with van der Waals surface area (Å²) in [6.45, 7) is 8.05. The first kappa shape index (κ1) is 19.1. The Balaban J connectivity index is 1.94. The van der Waals surface area contributed by atoms with Gasteiger partial charge in [-0.05, 0) is 62.2 Å². The van der Waals surface area contributed by atoms with Crippen molar-refractivity contribution in [2.24, 2.45) is 0 Å². The summed E-state index contributed by atoms with van der Waals surface area (Å²) >= 11 is 5.32. The molecule has 3 N–H and O–H groups in total. The summed E-state index contributed by atoms with van der Waals surface area (Å²) in [7, 11) is 0. The second kappa shape index (κ2) is 7.92. The zero-order chi connectivity index (χ0) is 19.6. The summed E-state index contributed by atoms with van der Waals surface area (Å²) in [6, 6.07) is 14.0. The first-order chi connectivity index (χ1) is 12.9. The molecule has 0 saturated heterocycles. The molecule has 0 saturated carbocycles. The van der Waals surface area contributed by atoms with Crippen LogP contribution in [0.5, 0.6) is 0 Å². The topological polar surface area (TPSA) is 53.2 Å². The fraction of sp³-hybridized carbons (Fsp3) is 0.273. The van der Waals surface area contributed by atoms with Gasteiger partial charge < -0.3 is 16.0 Å². The number of carbonyl (C=O) groups excluding carboxylic acids is 1. The van der Waals surface area contributed by atoms with Crippen molar-refractivity contribution in [3.8, 4) is 0 Å². The summed E-state index contributed by atoms with van der Waals surface area (Å²) in [5.41, 5.74) is 6.72. The van der Waals surface area contributed by atoms with E-state index in [-0.39, 0.29) is 11.9 Å². The monoisotopic (exact) mass is 379 g/mol. The summed E-state index contributed by atoms with van der Waals surface area (Å²) < 4.78 is 0. The molecule has 1 amide bonds. The highest BCUT2D eigenvalue weighted by atomic mass is 32.1. The molecule has 140 valence electrons. The standard InChI is InChI=1S/C22H25N3OS/c1-5-16-7-9-17(10-8-16)20-19(15(4)23-22(27)25-20)21(26)24-18-11-6-13(2)12-14(18)3/h6-12,20H,5H2,1-4H3,(H,24,26)(H2,23,25,27)/t20-/m1/s1. The van der Waals surface area contributed by atoms with Gasteiger partial charge in [-0.25, -0.2) is 0 Å². The van der Waals surface area contributed by atoms with Gasteiger partial charge in [0.25, 0.3) is 5.91 Å². The van der Waals surface area contributed by atoms with Crippen LogP contribution < -0.4 is 16.0 Å². The molecular formula is C22H25N3OS. The van der Waals surface area contributed by atoms with E-state index in [0.717, 1.165) is 28.9 Å². The Kier molecular flexibility index (Phi) is 5.61. The average Bonchev–Trinajstić information content (AvgIpc) is 2.63. The van der Waals surface area contributed by atoms with Gasteiger partial charge in [0, 0.05) is 11.4 Å². The van der Waals surface area contributed by atoms with E-state index >= 15 is 0 Å². The number of nitrogens with one attached hydrogen (secondary N) is 3. The molecule has 1 aliphatic heterocycles. The highest BCUT2D eigenvalue weighted by molar-refractivity contribution is 7.80. The molecule has 0 fully saturated rings. The smallest absolute Gasteiger partial charge is 0.255 e. The lowest BCUT2D eigenvalue weighted by Gasteiger charge is -2.30. The van der Waals surface area contributed by atoms with Crippen LogP contribution in [-0.4, -0.2) is 11.0 Å². The molecule has 4 nitrogen and oxygen atoms in total. The van der Waals surface area contributed by atoms with E-state index in [0.29, 0.717) is 10.7 Å². The minimum atomic E-state index is -0.282. The molecule has 27 heavy (non-hydrogen) atoms. The van der Waals surface area contributed by atoms with Crippen LogP contribution in [0.4, 0.5) is 5.69 Å². The van der Waals surface area contributed by atoms with Crippen LogP contribution in [0.15, 0.2) is 53.7 Å². The zero-order valence-corrected chi connectivity index (χ0v) is 17.0. The Hall–Kier alpha value is -2.66. The van der Waals surface area contributed by atoms with Gasteiger partial charge in [0.05, 0.1) is 11.6 Å². The van der Waals surface area contributed by atoms with Crippen LogP contribution in [0.25, 0.3) is 0 Å². The van der Waals surface area contributed by atoms with Crippen molar-refractivity contribution >= 4 is 28.9 Å². The van der Waals surface area contributed by atoms with Crippen LogP contribution in [0.3, 0.4) is 0 Å². The zero-order valence-electron chi connectivity index (χ0n) is 16.1. The summed E-state index contributed by atoms with van der Waals surface area (Å²) in [4.78, 5) is 13.1. The predicted octanol–water partition coefficient (Wildman–Crippen LogP) is 4.30. The molecule has 1 aliphatic rings. The molecule has 2 aromatic rings. The minimum Gasteiger partial charge on any atom is -0.351 e. The normalized spacial score (nSPS) is 16.6. The van der Waals surface area contributed by atoms with Gasteiger partial charge in [-0.15, -0.1) is 0 Å². The van der Waals surface area contributed by atoms with E-state index in [4.69, 9.17) is 12.2 Å². The molecule has 0 aromatic heterocycles. The first-order valence-electron chi connectivity index (χ1n) is 9.14. The van der Waals surface area contributed by atoms with Gasteiger partial charge in [0.15, 0.2) is 5.11 Å². The van der Waals surface area contributed by atoms with Gasteiger partial charge in [-0.2, -0.15) is 0 Å². The number of rotatable bonds is 4. The number of aryl methyl sites for hydroxylation is 3. The number of allylic oxidation sites excluding steroid dienone is 1. The molecule has 0 bridgehead atoms. The highest BCUT2D eigenvalue weighted by Gasteiger charge is 2.30. The number of thiocarbonyl (C=S) groups is 1. The van der Waals surface area contributed by atoms with Crippen molar-refractivity contribution in [2.75, 3.05) is 5.32 Å². The van der Waals surface area contributed by atoms with Gasteiger partial charge in [0.2, 0.25) is 0 Å². The summed E-state index contributed by atoms with van der Waals surface area (Å²) in [6.07, 6.45) is 0.979. The number of hydrogen-bond donors (Lipinski definition) is 3. The fourth-order valence-corrected chi connectivity index (χ4v) is 3.61. The Bertz CT molecular complexity index is 916.